The SMILES string of the molecule is COC(C)CNc1c[nH]c2ncc(F)c(N3CCC[C@@H](N)C3)c12.Cl. The third-order valence-corrected chi connectivity index (χ3v) is 4.39. The number of hydrogen-bond donors (Lipinski definition) is 3. The molecule has 1 aliphatic heterocycles. The van der Waals surface area contributed by atoms with Gasteiger partial charge in [0.2, 0.25) is 0 Å². The summed E-state index contributed by atoms with van der Waals surface area (Å²) in [5, 5.41) is 4.10. The molecule has 0 radical (unpaired) electrons. The Morgan fingerprint density at radius 3 is 3.08 bits per heavy atom. The van der Waals surface area contributed by atoms with Crippen molar-refractivity contribution in [3.63, 3.8) is 0 Å². The number of rotatable bonds is 5. The Hall–Kier alpha value is -1.57. The Balaban J connectivity index is 0.00000208. The van der Waals surface area contributed by atoms with Crippen LogP contribution in [-0.2, 0) is 4.74 Å². The van der Waals surface area contributed by atoms with E-state index < -0.39 is 0 Å². The number of nitrogens with one attached hydrogen (secondary N) is 2. The second-order valence-corrected chi connectivity index (χ2v) is 6.16. The first-order valence-corrected chi connectivity index (χ1v) is 8.03. The van der Waals surface area contributed by atoms with E-state index in [-0.39, 0.29) is 30.4 Å². The van der Waals surface area contributed by atoms with Gasteiger partial charge in [-0.2, -0.15) is 0 Å². The van der Waals surface area contributed by atoms with Crippen LogP contribution in [0.5, 0.6) is 0 Å². The molecule has 0 amide bonds. The van der Waals surface area contributed by atoms with E-state index in [1.807, 2.05) is 18.0 Å². The smallest absolute Gasteiger partial charge is 0.165 e. The molecule has 0 aliphatic carbocycles. The van der Waals surface area contributed by atoms with Crippen molar-refractivity contribution < 1.29 is 9.13 Å². The van der Waals surface area contributed by atoms with Crippen molar-refractivity contribution in [1.82, 2.24) is 9.97 Å². The van der Waals surface area contributed by atoms with Crippen LogP contribution >= 0.6 is 12.4 Å². The van der Waals surface area contributed by atoms with Crippen molar-refractivity contribution in [2.75, 3.05) is 37.0 Å². The Kier molecular flexibility index (Phi) is 6.26. The fraction of sp³-hybridized carbons (Fsp3) is 0.562. The van der Waals surface area contributed by atoms with Crippen molar-refractivity contribution in [3.05, 3.63) is 18.2 Å². The topological polar surface area (TPSA) is 79.2 Å². The standard InChI is InChI=1S/C16H24FN5O.ClH/c1-10(23-2)6-19-13-8-21-16-14(13)15(12(17)7-20-16)22-5-3-4-11(18)9-22;/h7-8,10-11,19H,3-6,9,18H2,1-2H3,(H,20,21);1H/t10?,11-;/m1./s1. The van der Waals surface area contributed by atoms with Gasteiger partial charge in [0.05, 0.1) is 29.1 Å². The molecule has 24 heavy (non-hydrogen) atoms. The van der Waals surface area contributed by atoms with Crippen LogP contribution < -0.4 is 16.0 Å². The fourth-order valence-corrected chi connectivity index (χ4v) is 3.05. The zero-order valence-corrected chi connectivity index (χ0v) is 14.8. The maximum absolute atomic E-state index is 14.5. The molecule has 1 unspecified atom stereocenters. The molecule has 2 atom stereocenters. The summed E-state index contributed by atoms with van der Waals surface area (Å²) in [6.07, 6.45) is 5.12. The fourth-order valence-electron chi connectivity index (χ4n) is 3.05. The predicted octanol–water partition coefficient (Wildman–Crippen LogP) is 2.50. The summed E-state index contributed by atoms with van der Waals surface area (Å²) in [6.45, 7) is 4.09. The van der Waals surface area contributed by atoms with Crippen LogP contribution in [0.4, 0.5) is 15.8 Å². The highest BCUT2D eigenvalue weighted by molar-refractivity contribution is 6.00. The van der Waals surface area contributed by atoms with E-state index in [4.69, 9.17) is 10.5 Å². The molecular weight excluding hydrogens is 333 g/mol. The molecule has 1 aliphatic rings. The van der Waals surface area contributed by atoms with Crippen LogP contribution in [0.3, 0.4) is 0 Å². The molecule has 3 rings (SSSR count). The quantitative estimate of drug-likeness (QED) is 0.766. The van der Waals surface area contributed by atoms with Crippen LogP contribution in [0.2, 0.25) is 0 Å². The van der Waals surface area contributed by atoms with Crippen LogP contribution in [0, 0.1) is 5.82 Å². The zero-order valence-electron chi connectivity index (χ0n) is 14.0. The van der Waals surface area contributed by atoms with Gasteiger partial charge in [-0.1, -0.05) is 0 Å². The number of methoxy groups -OCH3 is 1. The lowest BCUT2D eigenvalue weighted by atomic mass is 10.1. The molecule has 2 aromatic heterocycles. The van der Waals surface area contributed by atoms with E-state index in [0.29, 0.717) is 24.4 Å². The largest absolute Gasteiger partial charge is 0.381 e. The zero-order chi connectivity index (χ0) is 16.4. The molecule has 3 heterocycles. The van der Waals surface area contributed by atoms with E-state index in [2.05, 4.69) is 15.3 Å². The third-order valence-electron chi connectivity index (χ3n) is 4.39. The Morgan fingerprint density at radius 2 is 2.38 bits per heavy atom. The highest BCUT2D eigenvalue weighted by atomic mass is 35.5. The molecule has 4 N–H and O–H groups in total. The molecule has 6 nitrogen and oxygen atoms in total. The van der Waals surface area contributed by atoms with Crippen molar-refractivity contribution >= 4 is 34.8 Å². The lowest BCUT2D eigenvalue weighted by Gasteiger charge is -2.33. The van der Waals surface area contributed by atoms with E-state index in [9.17, 15) is 4.39 Å². The van der Waals surface area contributed by atoms with Gasteiger partial charge in [-0.3, -0.25) is 0 Å². The van der Waals surface area contributed by atoms with Crippen LogP contribution in [0.15, 0.2) is 12.4 Å². The number of halogens is 2. The van der Waals surface area contributed by atoms with Gasteiger partial charge in [-0.25, -0.2) is 9.37 Å². The Labute approximate surface area is 147 Å². The Morgan fingerprint density at radius 1 is 1.58 bits per heavy atom. The number of hydrogen-bond acceptors (Lipinski definition) is 5. The number of nitrogens with two attached hydrogens (primary N) is 1. The molecule has 0 saturated carbocycles. The first-order valence-electron chi connectivity index (χ1n) is 8.03. The summed E-state index contributed by atoms with van der Waals surface area (Å²) >= 11 is 0. The summed E-state index contributed by atoms with van der Waals surface area (Å²) in [7, 11) is 1.67. The number of aromatic amines is 1. The van der Waals surface area contributed by atoms with E-state index >= 15 is 0 Å². The molecule has 0 bridgehead atoms. The van der Waals surface area contributed by atoms with Gasteiger partial charge in [0.1, 0.15) is 5.65 Å². The average molecular weight is 358 g/mol. The summed E-state index contributed by atoms with van der Waals surface area (Å²) in [6, 6.07) is 0.0789. The molecule has 1 saturated heterocycles. The highest BCUT2D eigenvalue weighted by Crippen LogP contribution is 2.35. The summed E-state index contributed by atoms with van der Waals surface area (Å²) < 4.78 is 19.8. The van der Waals surface area contributed by atoms with Crippen LogP contribution in [0.25, 0.3) is 11.0 Å². The lowest BCUT2D eigenvalue weighted by Crippen LogP contribution is -2.43. The number of ether oxygens (including phenoxy) is 1. The summed E-state index contributed by atoms with van der Waals surface area (Å²) in [5.41, 5.74) is 8.16. The van der Waals surface area contributed by atoms with Crippen molar-refractivity contribution in [2.45, 2.75) is 31.9 Å². The number of fused-ring (bicyclic) bond motifs is 1. The second kappa shape index (κ2) is 8.00. The molecule has 1 fully saturated rings. The van der Waals surface area contributed by atoms with E-state index in [0.717, 1.165) is 30.5 Å². The molecule has 2 aromatic rings. The van der Waals surface area contributed by atoms with Crippen LogP contribution in [0.1, 0.15) is 19.8 Å². The molecule has 134 valence electrons. The highest BCUT2D eigenvalue weighted by Gasteiger charge is 2.24. The van der Waals surface area contributed by atoms with Crippen LogP contribution in [-0.4, -0.2) is 48.9 Å². The van der Waals surface area contributed by atoms with E-state index in [1.54, 1.807) is 7.11 Å². The first-order chi connectivity index (χ1) is 11.1. The summed E-state index contributed by atoms with van der Waals surface area (Å²) in [5.74, 6) is -0.311. The Bertz CT molecular complexity index is 680. The average Bonchev–Trinajstić information content (AvgIpc) is 2.95. The van der Waals surface area contributed by atoms with Gasteiger partial charge in [0.15, 0.2) is 5.82 Å². The van der Waals surface area contributed by atoms with Gasteiger partial charge in [-0.05, 0) is 19.8 Å². The minimum atomic E-state index is -0.311. The number of aromatic nitrogens is 2. The number of anilines is 2. The molecule has 0 spiro atoms. The number of nitrogens with zero attached hydrogens (tertiary/aromatic N) is 2. The van der Waals surface area contributed by atoms with Gasteiger partial charge in [0, 0.05) is 39.0 Å². The first kappa shape index (κ1) is 18.8. The monoisotopic (exact) mass is 357 g/mol. The maximum atomic E-state index is 14.5. The molecule has 8 heteroatoms. The molecule has 0 aromatic carbocycles. The minimum absolute atomic E-state index is 0. The van der Waals surface area contributed by atoms with E-state index in [1.165, 1.54) is 6.20 Å². The third kappa shape index (κ3) is 3.74. The number of pyridine rings is 1. The van der Waals surface area contributed by atoms with Crippen molar-refractivity contribution in [3.8, 4) is 0 Å². The normalized spacial score (nSPS) is 19.2. The van der Waals surface area contributed by atoms with Gasteiger partial charge in [0.25, 0.3) is 0 Å². The predicted molar refractivity (Wildman–Crippen MR) is 97.7 cm³/mol. The van der Waals surface area contributed by atoms with Crippen molar-refractivity contribution in [2.24, 2.45) is 5.73 Å². The second-order valence-electron chi connectivity index (χ2n) is 6.16. The number of H-pyrrole nitrogens is 1. The maximum Gasteiger partial charge on any atom is 0.165 e. The van der Waals surface area contributed by atoms with Crippen molar-refractivity contribution in [1.29, 1.82) is 0 Å². The van der Waals surface area contributed by atoms with Gasteiger partial charge < -0.3 is 25.7 Å². The lowest BCUT2D eigenvalue weighted by molar-refractivity contribution is 0.129. The van der Waals surface area contributed by atoms with Gasteiger partial charge >= 0.3 is 0 Å². The minimum Gasteiger partial charge on any atom is -0.381 e. The van der Waals surface area contributed by atoms with Gasteiger partial charge in [-0.15, -0.1) is 12.4 Å². The molecular formula is C16H25ClFN5O. The summed E-state index contributed by atoms with van der Waals surface area (Å²) in [4.78, 5) is 9.31. The number of piperidine rings is 1.